The van der Waals surface area contributed by atoms with Gasteiger partial charge in [0.25, 0.3) is 5.91 Å². The summed E-state index contributed by atoms with van der Waals surface area (Å²) in [6.07, 6.45) is 0. The van der Waals surface area contributed by atoms with Crippen molar-refractivity contribution in [1.29, 1.82) is 0 Å². The number of amides is 1. The third-order valence-corrected chi connectivity index (χ3v) is 3.15. The van der Waals surface area contributed by atoms with Gasteiger partial charge in [0, 0.05) is 18.7 Å². The fraction of sp³-hybridized carbons (Fsp3) is 0.235. The lowest BCUT2D eigenvalue weighted by Gasteiger charge is -2.13. The minimum Gasteiger partial charge on any atom is -0.489 e. The molecule has 0 heterocycles. The van der Waals surface area contributed by atoms with E-state index in [1.165, 1.54) is 37.4 Å². The first-order chi connectivity index (χ1) is 11.0. The second kappa shape index (κ2) is 7.69. The summed E-state index contributed by atoms with van der Waals surface area (Å²) in [7, 11) is 1.54. The number of carbonyl (C=O) groups is 1. The maximum absolute atomic E-state index is 13.4. The average Bonchev–Trinajstić information content (AvgIpc) is 2.52. The van der Waals surface area contributed by atoms with Crippen LogP contribution in [0.25, 0.3) is 0 Å². The van der Waals surface area contributed by atoms with Gasteiger partial charge in [-0.1, -0.05) is 0 Å². The topological polar surface area (TPSA) is 47.6 Å². The Morgan fingerprint density at radius 2 is 1.91 bits per heavy atom. The molecule has 0 atom stereocenters. The van der Waals surface area contributed by atoms with Crippen molar-refractivity contribution in [2.45, 2.75) is 6.92 Å². The van der Waals surface area contributed by atoms with Crippen LogP contribution < -0.4 is 10.1 Å². The molecule has 4 nitrogen and oxygen atoms in total. The number of carbonyl (C=O) groups excluding carboxylic acids is 1. The molecule has 0 spiro atoms. The molecular formula is C17H17F2NO3. The van der Waals surface area contributed by atoms with Gasteiger partial charge in [0.05, 0.1) is 12.3 Å². The summed E-state index contributed by atoms with van der Waals surface area (Å²) in [6.45, 7) is 2.19. The standard InChI is InChI=1S/C17H17F2NO3/c1-11-9-12(3-5-14(11)19)17(21)20-15-10-13(18)4-6-16(15)23-8-7-22-2/h3-6,9-10H,7-8H2,1-2H3,(H,20,21). The summed E-state index contributed by atoms with van der Waals surface area (Å²) in [5.74, 6) is -1.04. The predicted molar refractivity (Wildman–Crippen MR) is 82.9 cm³/mol. The molecule has 2 rings (SSSR count). The smallest absolute Gasteiger partial charge is 0.255 e. The molecule has 2 aromatic carbocycles. The SMILES string of the molecule is COCCOc1ccc(F)cc1NC(=O)c1ccc(F)c(C)c1. The molecule has 0 aromatic heterocycles. The number of halogens is 2. The third kappa shape index (κ3) is 4.50. The third-order valence-electron chi connectivity index (χ3n) is 3.15. The fourth-order valence-corrected chi connectivity index (χ4v) is 1.94. The Morgan fingerprint density at radius 3 is 2.61 bits per heavy atom. The van der Waals surface area contributed by atoms with Gasteiger partial charge in [0.1, 0.15) is 24.0 Å². The summed E-state index contributed by atoms with van der Waals surface area (Å²) in [4.78, 5) is 12.2. The van der Waals surface area contributed by atoms with E-state index in [4.69, 9.17) is 9.47 Å². The number of hydrogen-bond acceptors (Lipinski definition) is 3. The van der Waals surface area contributed by atoms with E-state index >= 15 is 0 Å². The maximum atomic E-state index is 13.4. The molecule has 0 aliphatic rings. The normalized spacial score (nSPS) is 10.4. The summed E-state index contributed by atoms with van der Waals surface area (Å²) >= 11 is 0. The Bertz CT molecular complexity index is 704. The number of ether oxygens (including phenoxy) is 2. The lowest BCUT2D eigenvalue weighted by atomic mass is 10.1. The fourth-order valence-electron chi connectivity index (χ4n) is 1.94. The van der Waals surface area contributed by atoms with Crippen LogP contribution in [-0.4, -0.2) is 26.2 Å². The number of methoxy groups -OCH3 is 1. The second-order valence-corrected chi connectivity index (χ2v) is 4.90. The van der Waals surface area contributed by atoms with Crippen molar-refractivity contribution < 1.29 is 23.0 Å². The van der Waals surface area contributed by atoms with E-state index in [2.05, 4.69) is 5.32 Å². The number of hydrogen-bond donors (Lipinski definition) is 1. The van der Waals surface area contributed by atoms with Crippen molar-refractivity contribution in [2.75, 3.05) is 25.6 Å². The highest BCUT2D eigenvalue weighted by Gasteiger charge is 2.12. The second-order valence-electron chi connectivity index (χ2n) is 4.90. The minimum atomic E-state index is -0.505. The molecule has 0 aliphatic carbocycles. The van der Waals surface area contributed by atoms with Gasteiger partial charge in [-0.3, -0.25) is 4.79 Å². The summed E-state index contributed by atoms with van der Waals surface area (Å²) in [6, 6.07) is 7.83. The van der Waals surface area contributed by atoms with Crippen molar-refractivity contribution in [2.24, 2.45) is 0 Å². The molecule has 0 radical (unpaired) electrons. The van der Waals surface area contributed by atoms with Gasteiger partial charge in [-0.2, -0.15) is 0 Å². The van der Waals surface area contributed by atoms with Crippen LogP contribution in [0.5, 0.6) is 5.75 Å². The zero-order valence-corrected chi connectivity index (χ0v) is 12.9. The summed E-state index contributed by atoms with van der Waals surface area (Å²) < 4.78 is 37.0. The van der Waals surface area contributed by atoms with Crippen molar-refractivity contribution in [3.05, 3.63) is 59.2 Å². The van der Waals surface area contributed by atoms with Crippen LogP contribution in [0.3, 0.4) is 0 Å². The van der Waals surface area contributed by atoms with Crippen LogP contribution in [0.2, 0.25) is 0 Å². The number of nitrogens with one attached hydrogen (secondary N) is 1. The van der Waals surface area contributed by atoms with Crippen LogP contribution in [0.15, 0.2) is 36.4 Å². The van der Waals surface area contributed by atoms with E-state index in [1.54, 1.807) is 6.92 Å². The van der Waals surface area contributed by atoms with Crippen LogP contribution in [0.1, 0.15) is 15.9 Å². The molecule has 0 fully saturated rings. The van der Waals surface area contributed by atoms with E-state index in [1.807, 2.05) is 0 Å². The molecule has 1 amide bonds. The Labute approximate surface area is 133 Å². The molecule has 0 saturated heterocycles. The van der Waals surface area contributed by atoms with Crippen molar-refractivity contribution >= 4 is 11.6 Å². The Kier molecular flexibility index (Phi) is 5.65. The number of aryl methyl sites for hydroxylation is 1. The van der Waals surface area contributed by atoms with Crippen LogP contribution in [-0.2, 0) is 4.74 Å². The zero-order valence-electron chi connectivity index (χ0n) is 12.9. The number of benzene rings is 2. The van der Waals surface area contributed by atoms with E-state index in [0.717, 1.165) is 6.07 Å². The minimum absolute atomic E-state index is 0.202. The van der Waals surface area contributed by atoms with Gasteiger partial charge >= 0.3 is 0 Å². The van der Waals surface area contributed by atoms with Crippen molar-refractivity contribution in [3.63, 3.8) is 0 Å². The monoisotopic (exact) mass is 321 g/mol. The maximum Gasteiger partial charge on any atom is 0.255 e. The molecule has 1 N–H and O–H groups in total. The average molecular weight is 321 g/mol. The first-order valence-electron chi connectivity index (χ1n) is 7.00. The van der Waals surface area contributed by atoms with Crippen molar-refractivity contribution in [3.8, 4) is 5.75 Å². The van der Waals surface area contributed by atoms with Gasteiger partial charge in [0.2, 0.25) is 0 Å². The lowest BCUT2D eigenvalue weighted by molar-refractivity contribution is 0.102. The van der Waals surface area contributed by atoms with Gasteiger partial charge in [0.15, 0.2) is 0 Å². The molecule has 23 heavy (non-hydrogen) atoms. The van der Waals surface area contributed by atoms with E-state index < -0.39 is 17.5 Å². The molecule has 0 aliphatic heterocycles. The molecular weight excluding hydrogens is 304 g/mol. The first-order valence-corrected chi connectivity index (χ1v) is 7.00. The largest absolute Gasteiger partial charge is 0.489 e. The molecule has 6 heteroatoms. The zero-order chi connectivity index (χ0) is 16.8. The highest BCUT2D eigenvalue weighted by atomic mass is 19.1. The molecule has 122 valence electrons. The Balaban J connectivity index is 2.18. The number of anilines is 1. The summed E-state index contributed by atoms with van der Waals surface area (Å²) in [5.41, 5.74) is 0.831. The van der Waals surface area contributed by atoms with Gasteiger partial charge < -0.3 is 14.8 Å². The van der Waals surface area contributed by atoms with Gasteiger partial charge in [-0.15, -0.1) is 0 Å². The van der Waals surface area contributed by atoms with Crippen molar-refractivity contribution in [1.82, 2.24) is 0 Å². The predicted octanol–water partition coefficient (Wildman–Crippen LogP) is 3.55. The lowest BCUT2D eigenvalue weighted by Crippen LogP contribution is -2.14. The highest BCUT2D eigenvalue weighted by Crippen LogP contribution is 2.26. The number of rotatable bonds is 6. The molecule has 0 unspecified atom stereocenters. The van der Waals surface area contributed by atoms with Gasteiger partial charge in [-0.25, -0.2) is 8.78 Å². The molecule has 0 saturated carbocycles. The van der Waals surface area contributed by atoms with E-state index in [9.17, 15) is 13.6 Å². The van der Waals surface area contributed by atoms with Crippen LogP contribution in [0.4, 0.5) is 14.5 Å². The quantitative estimate of drug-likeness (QED) is 0.828. The highest BCUT2D eigenvalue weighted by molar-refractivity contribution is 6.05. The summed E-state index contributed by atoms with van der Waals surface area (Å²) in [5, 5.41) is 2.57. The first kappa shape index (κ1) is 16.9. The Morgan fingerprint density at radius 1 is 1.13 bits per heavy atom. The van der Waals surface area contributed by atoms with E-state index in [0.29, 0.717) is 17.9 Å². The molecule has 2 aromatic rings. The van der Waals surface area contributed by atoms with Crippen LogP contribution >= 0.6 is 0 Å². The molecule has 0 bridgehead atoms. The van der Waals surface area contributed by atoms with Gasteiger partial charge in [-0.05, 0) is 42.8 Å². The Hall–Kier alpha value is -2.47. The van der Waals surface area contributed by atoms with Crippen LogP contribution in [0, 0.1) is 18.6 Å². The van der Waals surface area contributed by atoms with E-state index in [-0.39, 0.29) is 17.9 Å².